The molecular weight excluding hydrogens is 172 g/mol. The molecule has 1 aliphatic heterocycles. The number of rotatable bonds is 3. The van der Waals surface area contributed by atoms with Crippen molar-refractivity contribution in [2.24, 2.45) is 0 Å². The Labute approximate surface area is 85.4 Å². The van der Waals surface area contributed by atoms with Crippen LogP contribution in [0.5, 0.6) is 5.75 Å². The highest BCUT2D eigenvalue weighted by Gasteiger charge is 2.09. The molecule has 74 valence electrons. The Balaban J connectivity index is 2.16. The zero-order chi connectivity index (χ0) is 9.80. The average molecular weight is 188 g/mol. The maximum Gasteiger partial charge on any atom is 0.122 e. The van der Waals surface area contributed by atoms with Gasteiger partial charge in [0.2, 0.25) is 0 Å². The van der Waals surface area contributed by atoms with Gasteiger partial charge in [-0.2, -0.15) is 0 Å². The molecule has 1 heterocycles. The summed E-state index contributed by atoms with van der Waals surface area (Å²) in [5, 5.41) is 0. The summed E-state index contributed by atoms with van der Waals surface area (Å²) in [5.41, 5.74) is 2.77. The van der Waals surface area contributed by atoms with Crippen molar-refractivity contribution in [3.8, 4) is 5.75 Å². The van der Waals surface area contributed by atoms with Crippen LogP contribution in [0.3, 0.4) is 0 Å². The van der Waals surface area contributed by atoms with E-state index in [0.717, 1.165) is 38.0 Å². The highest BCUT2D eigenvalue weighted by molar-refractivity contribution is 5.38. The van der Waals surface area contributed by atoms with Gasteiger partial charge in [0.05, 0.1) is 6.61 Å². The van der Waals surface area contributed by atoms with E-state index in [2.05, 4.69) is 24.8 Å². The van der Waals surface area contributed by atoms with Crippen molar-refractivity contribution in [3.63, 3.8) is 0 Å². The maximum atomic E-state index is 5.56. The van der Waals surface area contributed by atoms with E-state index >= 15 is 0 Å². The fraction of sp³-hybridized carbons (Fsp3) is 0.385. The molecule has 2 rings (SSSR count). The van der Waals surface area contributed by atoms with Crippen LogP contribution in [0.4, 0.5) is 0 Å². The number of aryl methyl sites for hydroxylation is 2. The Morgan fingerprint density at radius 2 is 2.36 bits per heavy atom. The van der Waals surface area contributed by atoms with Gasteiger partial charge in [-0.1, -0.05) is 18.2 Å². The molecule has 0 unspecified atom stereocenters. The summed E-state index contributed by atoms with van der Waals surface area (Å²) in [7, 11) is 0. The summed E-state index contributed by atoms with van der Waals surface area (Å²) in [4.78, 5) is 0. The summed E-state index contributed by atoms with van der Waals surface area (Å²) in [5.74, 6) is 1.08. The van der Waals surface area contributed by atoms with Crippen LogP contribution < -0.4 is 4.74 Å². The van der Waals surface area contributed by atoms with Crippen LogP contribution in [0.1, 0.15) is 24.0 Å². The van der Waals surface area contributed by atoms with Crippen LogP contribution >= 0.6 is 0 Å². The lowest BCUT2D eigenvalue weighted by molar-refractivity contribution is 0.288. The number of benzene rings is 1. The molecule has 0 aromatic heterocycles. The van der Waals surface area contributed by atoms with E-state index in [9.17, 15) is 0 Å². The van der Waals surface area contributed by atoms with Crippen molar-refractivity contribution < 1.29 is 4.74 Å². The van der Waals surface area contributed by atoms with Crippen LogP contribution in [0, 0.1) is 0 Å². The Kier molecular flexibility index (Phi) is 2.87. The average Bonchev–Trinajstić information content (AvgIpc) is 2.26. The largest absolute Gasteiger partial charge is 0.493 e. The molecule has 0 radical (unpaired) electrons. The van der Waals surface area contributed by atoms with Crippen LogP contribution in [-0.4, -0.2) is 6.61 Å². The minimum absolute atomic E-state index is 0.874. The van der Waals surface area contributed by atoms with Gasteiger partial charge < -0.3 is 4.74 Å². The van der Waals surface area contributed by atoms with Gasteiger partial charge in [-0.3, -0.25) is 0 Å². The summed E-state index contributed by atoms with van der Waals surface area (Å²) in [6, 6.07) is 6.54. The van der Waals surface area contributed by atoms with E-state index in [-0.39, 0.29) is 0 Å². The molecule has 0 bridgehead atoms. The van der Waals surface area contributed by atoms with Gasteiger partial charge in [0.25, 0.3) is 0 Å². The first-order valence-electron chi connectivity index (χ1n) is 5.25. The Bertz CT molecular complexity index is 328. The molecule has 1 aromatic rings. The number of ether oxygens (including phenoxy) is 1. The first-order valence-corrected chi connectivity index (χ1v) is 5.25. The van der Waals surface area contributed by atoms with E-state index in [1.807, 2.05) is 6.08 Å². The van der Waals surface area contributed by atoms with Crippen molar-refractivity contribution in [2.45, 2.75) is 25.7 Å². The first-order chi connectivity index (χ1) is 6.90. The van der Waals surface area contributed by atoms with Gasteiger partial charge in [-0.25, -0.2) is 0 Å². The standard InChI is InChI=1S/C13H16O/c1-2-3-5-11-7-8-13-12(10-11)6-4-9-14-13/h2,7-8,10H,1,3-6,9H2. The van der Waals surface area contributed by atoms with Crippen molar-refractivity contribution in [1.82, 2.24) is 0 Å². The second kappa shape index (κ2) is 4.32. The first kappa shape index (κ1) is 9.32. The maximum absolute atomic E-state index is 5.56. The van der Waals surface area contributed by atoms with Crippen molar-refractivity contribution in [1.29, 1.82) is 0 Å². The predicted molar refractivity (Wildman–Crippen MR) is 58.8 cm³/mol. The van der Waals surface area contributed by atoms with Gasteiger partial charge in [-0.05, 0) is 42.9 Å². The van der Waals surface area contributed by atoms with Gasteiger partial charge >= 0.3 is 0 Å². The second-order valence-corrected chi connectivity index (χ2v) is 3.72. The van der Waals surface area contributed by atoms with E-state index in [4.69, 9.17) is 4.74 Å². The van der Waals surface area contributed by atoms with Gasteiger partial charge in [0.1, 0.15) is 5.75 Å². The number of allylic oxidation sites excluding steroid dienone is 1. The molecule has 0 saturated carbocycles. The lowest BCUT2D eigenvalue weighted by atomic mass is 10.0. The predicted octanol–water partition coefficient (Wildman–Crippen LogP) is 3.13. The highest BCUT2D eigenvalue weighted by Crippen LogP contribution is 2.25. The molecule has 0 aliphatic carbocycles. The smallest absolute Gasteiger partial charge is 0.122 e. The number of hydrogen-bond donors (Lipinski definition) is 0. The zero-order valence-corrected chi connectivity index (χ0v) is 8.46. The lowest BCUT2D eigenvalue weighted by Gasteiger charge is -2.17. The minimum Gasteiger partial charge on any atom is -0.493 e. The number of hydrogen-bond acceptors (Lipinski definition) is 1. The molecule has 0 N–H and O–H groups in total. The van der Waals surface area contributed by atoms with Gasteiger partial charge in [-0.15, -0.1) is 6.58 Å². The highest BCUT2D eigenvalue weighted by atomic mass is 16.5. The topological polar surface area (TPSA) is 9.23 Å². The molecule has 0 spiro atoms. The zero-order valence-electron chi connectivity index (χ0n) is 8.46. The Hall–Kier alpha value is -1.24. The fourth-order valence-corrected chi connectivity index (χ4v) is 1.84. The molecule has 0 fully saturated rings. The van der Waals surface area contributed by atoms with Crippen LogP contribution in [-0.2, 0) is 12.8 Å². The van der Waals surface area contributed by atoms with Crippen LogP contribution in [0.2, 0.25) is 0 Å². The molecule has 0 saturated heterocycles. The van der Waals surface area contributed by atoms with Gasteiger partial charge in [0, 0.05) is 0 Å². The summed E-state index contributed by atoms with van der Waals surface area (Å²) in [6.07, 6.45) is 6.43. The molecular formula is C13H16O. The summed E-state index contributed by atoms with van der Waals surface area (Å²) >= 11 is 0. The van der Waals surface area contributed by atoms with E-state index in [1.165, 1.54) is 11.1 Å². The van der Waals surface area contributed by atoms with Crippen LogP contribution in [0.25, 0.3) is 0 Å². The van der Waals surface area contributed by atoms with E-state index < -0.39 is 0 Å². The number of fused-ring (bicyclic) bond motifs is 1. The van der Waals surface area contributed by atoms with Crippen LogP contribution in [0.15, 0.2) is 30.9 Å². The SMILES string of the molecule is C=CCCc1ccc2c(c1)CCCO2. The Morgan fingerprint density at radius 1 is 1.43 bits per heavy atom. The Morgan fingerprint density at radius 3 is 3.21 bits per heavy atom. The molecule has 1 aromatic carbocycles. The molecule has 1 heteroatoms. The third-order valence-electron chi connectivity index (χ3n) is 2.61. The quantitative estimate of drug-likeness (QED) is 0.662. The van der Waals surface area contributed by atoms with Crippen molar-refractivity contribution in [3.05, 3.63) is 42.0 Å². The molecule has 1 aliphatic rings. The fourth-order valence-electron chi connectivity index (χ4n) is 1.84. The summed E-state index contributed by atoms with van der Waals surface area (Å²) in [6.45, 7) is 4.61. The van der Waals surface area contributed by atoms with Gasteiger partial charge in [0.15, 0.2) is 0 Å². The molecule has 0 amide bonds. The second-order valence-electron chi connectivity index (χ2n) is 3.72. The molecule has 1 nitrogen and oxygen atoms in total. The van der Waals surface area contributed by atoms with Crippen molar-refractivity contribution in [2.75, 3.05) is 6.61 Å². The van der Waals surface area contributed by atoms with E-state index in [1.54, 1.807) is 0 Å². The normalized spacial score (nSPS) is 14.3. The minimum atomic E-state index is 0.874. The third kappa shape index (κ3) is 1.98. The molecule has 14 heavy (non-hydrogen) atoms. The lowest BCUT2D eigenvalue weighted by Crippen LogP contribution is -2.08. The summed E-state index contributed by atoms with van der Waals surface area (Å²) < 4.78 is 5.56. The third-order valence-corrected chi connectivity index (χ3v) is 2.61. The van der Waals surface area contributed by atoms with E-state index in [0.29, 0.717) is 0 Å². The monoisotopic (exact) mass is 188 g/mol. The van der Waals surface area contributed by atoms with Crippen molar-refractivity contribution >= 4 is 0 Å². The molecule has 0 atom stereocenters.